The van der Waals surface area contributed by atoms with Gasteiger partial charge in [0.05, 0.1) is 7.11 Å². The van der Waals surface area contributed by atoms with Crippen molar-refractivity contribution in [2.75, 3.05) is 7.11 Å². The molecule has 0 aliphatic carbocycles. The zero-order valence-electron chi connectivity index (χ0n) is 10.9. The molecule has 1 aromatic carbocycles. The van der Waals surface area contributed by atoms with Crippen LogP contribution in [-0.2, 0) is 14.3 Å². The molecule has 5 nitrogen and oxygen atoms in total. The predicted molar refractivity (Wildman–Crippen MR) is 67.6 cm³/mol. The largest absolute Gasteiger partial charge is 0.493 e. The van der Waals surface area contributed by atoms with Crippen LogP contribution in [0.25, 0.3) is 0 Å². The van der Waals surface area contributed by atoms with Crippen molar-refractivity contribution in [2.24, 2.45) is 0 Å². The molecule has 0 aliphatic rings. The third kappa shape index (κ3) is 4.03. The summed E-state index contributed by atoms with van der Waals surface area (Å²) in [6.07, 6.45) is 4.50. The van der Waals surface area contributed by atoms with Crippen LogP contribution in [0.1, 0.15) is 25.5 Å². The van der Waals surface area contributed by atoms with Gasteiger partial charge in [-0.3, -0.25) is 9.59 Å². The van der Waals surface area contributed by atoms with Gasteiger partial charge in [-0.15, -0.1) is 6.42 Å². The van der Waals surface area contributed by atoms with E-state index in [4.69, 9.17) is 20.6 Å². The molecule has 0 bridgehead atoms. The van der Waals surface area contributed by atoms with Gasteiger partial charge in [0.25, 0.3) is 0 Å². The van der Waals surface area contributed by atoms with Crippen LogP contribution in [-0.4, -0.2) is 19.0 Å². The second kappa shape index (κ2) is 6.45. The summed E-state index contributed by atoms with van der Waals surface area (Å²) in [5.41, 5.74) is 0.561. The Morgan fingerprint density at radius 3 is 2.37 bits per heavy atom. The fourth-order valence-electron chi connectivity index (χ4n) is 1.45. The maximum atomic E-state index is 10.9. The highest BCUT2D eigenvalue weighted by molar-refractivity contribution is 5.70. The quantitative estimate of drug-likeness (QED) is 0.471. The Bertz CT molecular complexity index is 527. The molecule has 1 aromatic rings. The predicted octanol–water partition coefficient (Wildman–Crippen LogP) is 1.86. The highest BCUT2D eigenvalue weighted by atomic mass is 16.6. The van der Waals surface area contributed by atoms with Gasteiger partial charge in [0.2, 0.25) is 0 Å². The molecular weight excluding hydrogens is 248 g/mol. The number of hydrogen-bond acceptors (Lipinski definition) is 5. The Morgan fingerprint density at radius 2 is 1.89 bits per heavy atom. The van der Waals surface area contributed by atoms with Crippen LogP contribution in [0.4, 0.5) is 0 Å². The van der Waals surface area contributed by atoms with E-state index in [9.17, 15) is 9.59 Å². The summed E-state index contributed by atoms with van der Waals surface area (Å²) in [7, 11) is 1.43. The summed E-state index contributed by atoms with van der Waals surface area (Å²) >= 11 is 0. The Kier molecular flexibility index (Phi) is 4.95. The van der Waals surface area contributed by atoms with Crippen LogP contribution < -0.4 is 9.47 Å². The van der Waals surface area contributed by atoms with Crippen LogP contribution in [0.15, 0.2) is 18.2 Å². The van der Waals surface area contributed by atoms with Gasteiger partial charge in [0.1, 0.15) is 0 Å². The van der Waals surface area contributed by atoms with Crippen molar-refractivity contribution in [1.29, 1.82) is 0 Å². The fourth-order valence-corrected chi connectivity index (χ4v) is 1.45. The van der Waals surface area contributed by atoms with E-state index < -0.39 is 18.0 Å². The summed E-state index contributed by atoms with van der Waals surface area (Å²) in [5.74, 6) is 2.02. The molecule has 0 fully saturated rings. The number of carbonyl (C=O) groups excluding carboxylic acids is 2. The first-order valence-electron chi connectivity index (χ1n) is 5.47. The van der Waals surface area contributed by atoms with Crippen molar-refractivity contribution in [3.8, 4) is 23.8 Å². The lowest BCUT2D eigenvalue weighted by atomic mass is 10.1. The number of terminal acetylenes is 1. The van der Waals surface area contributed by atoms with E-state index in [1.807, 2.05) is 0 Å². The number of rotatable bonds is 4. The van der Waals surface area contributed by atoms with E-state index in [-0.39, 0.29) is 5.75 Å². The number of ether oxygens (including phenoxy) is 3. The van der Waals surface area contributed by atoms with E-state index in [2.05, 4.69) is 5.92 Å². The van der Waals surface area contributed by atoms with E-state index in [0.717, 1.165) is 0 Å². The van der Waals surface area contributed by atoms with Crippen molar-refractivity contribution < 1.29 is 23.8 Å². The number of methoxy groups -OCH3 is 1. The van der Waals surface area contributed by atoms with E-state index in [1.54, 1.807) is 12.1 Å². The van der Waals surface area contributed by atoms with Gasteiger partial charge in [-0.05, 0) is 12.1 Å². The van der Waals surface area contributed by atoms with E-state index >= 15 is 0 Å². The molecule has 1 rings (SSSR count). The maximum Gasteiger partial charge on any atom is 0.308 e. The minimum Gasteiger partial charge on any atom is -0.493 e. The molecule has 0 N–H and O–H groups in total. The van der Waals surface area contributed by atoms with Crippen LogP contribution >= 0.6 is 0 Å². The molecule has 1 atom stereocenters. The number of benzene rings is 1. The van der Waals surface area contributed by atoms with Crippen LogP contribution in [0.3, 0.4) is 0 Å². The Balaban J connectivity index is 3.08. The summed E-state index contributed by atoms with van der Waals surface area (Å²) in [4.78, 5) is 21.9. The van der Waals surface area contributed by atoms with Crippen molar-refractivity contribution in [3.63, 3.8) is 0 Å². The number of esters is 2. The average Bonchev–Trinajstić information content (AvgIpc) is 2.35. The molecule has 1 unspecified atom stereocenters. The van der Waals surface area contributed by atoms with Gasteiger partial charge >= 0.3 is 11.9 Å². The lowest BCUT2D eigenvalue weighted by Gasteiger charge is -2.14. The standard InChI is InChI=1S/C14H14O5/c1-5-12(18-9(2)15)11-6-7-13(19-10(3)16)14(8-11)17-4/h1,6-8,12H,2-4H3. The smallest absolute Gasteiger partial charge is 0.308 e. The zero-order valence-corrected chi connectivity index (χ0v) is 10.9. The number of carbonyl (C=O) groups is 2. The molecular formula is C14H14O5. The molecule has 0 amide bonds. The van der Waals surface area contributed by atoms with Crippen molar-refractivity contribution in [3.05, 3.63) is 23.8 Å². The van der Waals surface area contributed by atoms with Gasteiger partial charge in [0, 0.05) is 19.4 Å². The summed E-state index contributed by atoms with van der Waals surface area (Å²) in [6.45, 7) is 2.56. The van der Waals surface area contributed by atoms with Crippen molar-refractivity contribution >= 4 is 11.9 Å². The lowest BCUT2D eigenvalue weighted by Crippen LogP contribution is -2.08. The van der Waals surface area contributed by atoms with E-state index in [1.165, 1.54) is 27.0 Å². The molecule has 0 saturated carbocycles. The van der Waals surface area contributed by atoms with Gasteiger partial charge in [-0.1, -0.05) is 12.0 Å². The topological polar surface area (TPSA) is 61.8 Å². The summed E-state index contributed by atoms with van der Waals surface area (Å²) in [5, 5.41) is 0. The minimum absolute atomic E-state index is 0.275. The first-order chi connectivity index (χ1) is 8.97. The van der Waals surface area contributed by atoms with Gasteiger partial charge < -0.3 is 14.2 Å². The fraction of sp³-hybridized carbons (Fsp3) is 0.286. The normalized spacial score (nSPS) is 11.1. The second-order valence-corrected chi connectivity index (χ2v) is 3.66. The Hall–Kier alpha value is -2.48. The average molecular weight is 262 g/mol. The molecule has 0 heterocycles. The van der Waals surface area contributed by atoms with E-state index in [0.29, 0.717) is 11.3 Å². The third-order valence-corrected chi connectivity index (χ3v) is 2.18. The Labute approximate surface area is 111 Å². The van der Waals surface area contributed by atoms with Crippen LogP contribution in [0.2, 0.25) is 0 Å². The number of hydrogen-bond donors (Lipinski definition) is 0. The maximum absolute atomic E-state index is 10.9. The molecule has 100 valence electrons. The zero-order chi connectivity index (χ0) is 14.4. The van der Waals surface area contributed by atoms with Crippen LogP contribution in [0, 0.1) is 12.3 Å². The van der Waals surface area contributed by atoms with Gasteiger partial charge in [0.15, 0.2) is 17.6 Å². The van der Waals surface area contributed by atoms with Gasteiger partial charge in [-0.25, -0.2) is 0 Å². The molecule has 0 aliphatic heterocycles. The SMILES string of the molecule is C#CC(OC(C)=O)c1ccc(OC(C)=O)c(OC)c1. The van der Waals surface area contributed by atoms with Gasteiger partial charge in [-0.2, -0.15) is 0 Å². The molecule has 0 saturated heterocycles. The van der Waals surface area contributed by atoms with Crippen LogP contribution in [0.5, 0.6) is 11.5 Å². The lowest BCUT2D eigenvalue weighted by molar-refractivity contribution is -0.144. The molecule has 19 heavy (non-hydrogen) atoms. The van der Waals surface area contributed by atoms with Crippen molar-refractivity contribution in [2.45, 2.75) is 20.0 Å². The minimum atomic E-state index is -0.808. The molecule has 0 radical (unpaired) electrons. The first kappa shape index (κ1) is 14.6. The molecule has 0 spiro atoms. The highest BCUT2D eigenvalue weighted by Gasteiger charge is 2.15. The first-order valence-corrected chi connectivity index (χ1v) is 5.47. The molecule has 5 heteroatoms. The second-order valence-electron chi connectivity index (χ2n) is 3.66. The third-order valence-electron chi connectivity index (χ3n) is 2.18. The monoisotopic (exact) mass is 262 g/mol. The highest BCUT2D eigenvalue weighted by Crippen LogP contribution is 2.31. The van der Waals surface area contributed by atoms with Crippen molar-refractivity contribution in [1.82, 2.24) is 0 Å². The molecule has 0 aromatic heterocycles. The summed E-state index contributed by atoms with van der Waals surface area (Å²) in [6, 6.07) is 4.70. The Morgan fingerprint density at radius 1 is 1.21 bits per heavy atom. The summed E-state index contributed by atoms with van der Waals surface area (Å²) < 4.78 is 15.0.